The number of hydrogen-bond acceptors (Lipinski definition) is 1. The van der Waals surface area contributed by atoms with Crippen molar-refractivity contribution in [3.05, 3.63) is 27.3 Å². The van der Waals surface area contributed by atoms with Gasteiger partial charge in [-0.25, -0.2) is 0 Å². The smallest absolute Gasteiger partial charge is 0.166 e. The second-order valence-corrected chi connectivity index (χ2v) is 7.47. The van der Waals surface area contributed by atoms with E-state index in [-0.39, 0.29) is 4.75 Å². The molecule has 0 radical (unpaired) electrons. The van der Waals surface area contributed by atoms with Gasteiger partial charge in [0.05, 0.1) is 5.56 Å². The van der Waals surface area contributed by atoms with Gasteiger partial charge >= 0.3 is 6.18 Å². The molecule has 1 rings (SSSR count). The van der Waals surface area contributed by atoms with E-state index >= 15 is 0 Å². The maximum absolute atomic E-state index is 12.7. The van der Waals surface area contributed by atoms with Gasteiger partial charge in [0.25, 0.3) is 0 Å². The van der Waals surface area contributed by atoms with E-state index in [4.69, 9.17) is 0 Å². The van der Waals surface area contributed by atoms with Crippen LogP contribution in [0.15, 0.2) is 23.1 Å². The Kier molecular flexibility index (Phi) is 4.21. The van der Waals surface area contributed by atoms with Crippen LogP contribution in [0.2, 0.25) is 0 Å². The van der Waals surface area contributed by atoms with Crippen molar-refractivity contribution < 1.29 is 13.2 Å². The Labute approximate surface area is 111 Å². The molecule has 0 aromatic heterocycles. The van der Waals surface area contributed by atoms with E-state index in [2.05, 4.69) is 0 Å². The van der Waals surface area contributed by atoms with E-state index in [1.54, 1.807) is 6.07 Å². The van der Waals surface area contributed by atoms with Crippen LogP contribution >= 0.6 is 34.4 Å². The van der Waals surface area contributed by atoms with Gasteiger partial charge in [0, 0.05) is 13.2 Å². The minimum Gasteiger partial charge on any atom is -0.166 e. The highest BCUT2D eigenvalue weighted by molar-refractivity contribution is 14.1. The summed E-state index contributed by atoms with van der Waals surface area (Å²) < 4.78 is 38.8. The van der Waals surface area contributed by atoms with E-state index in [0.29, 0.717) is 4.90 Å². The number of rotatable bonds is 1. The predicted octanol–water partition coefficient (Wildman–Crippen LogP) is 5.20. The standard InChI is InChI=1S/C11H12F3IS/c1-10(2,3)16-9-6-7(15)4-5-8(9)11(12,13)14/h4-6H,1-3H3. The van der Waals surface area contributed by atoms with Crippen molar-refractivity contribution in [2.24, 2.45) is 0 Å². The van der Waals surface area contributed by atoms with Gasteiger partial charge in [-0.1, -0.05) is 20.8 Å². The van der Waals surface area contributed by atoms with Crippen LogP contribution in [0, 0.1) is 3.57 Å². The summed E-state index contributed by atoms with van der Waals surface area (Å²) in [5, 5.41) is 0. The lowest BCUT2D eigenvalue weighted by atomic mass is 10.2. The van der Waals surface area contributed by atoms with Crippen LogP contribution in [-0.4, -0.2) is 4.75 Å². The van der Waals surface area contributed by atoms with Crippen LogP contribution in [0.25, 0.3) is 0 Å². The first kappa shape index (κ1) is 14.2. The van der Waals surface area contributed by atoms with E-state index in [0.717, 1.165) is 9.64 Å². The zero-order chi connectivity index (χ0) is 12.6. The molecule has 0 fully saturated rings. The maximum atomic E-state index is 12.7. The lowest BCUT2D eigenvalue weighted by Gasteiger charge is -2.21. The fourth-order valence-electron chi connectivity index (χ4n) is 1.14. The summed E-state index contributed by atoms with van der Waals surface area (Å²) >= 11 is 3.26. The third-order valence-electron chi connectivity index (χ3n) is 1.67. The molecule has 1 aromatic rings. The third-order valence-corrected chi connectivity index (χ3v) is 3.51. The first-order valence-electron chi connectivity index (χ1n) is 4.65. The maximum Gasteiger partial charge on any atom is 0.417 e. The second kappa shape index (κ2) is 4.76. The molecule has 0 saturated carbocycles. The molecular formula is C11H12F3IS. The molecular weight excluding hydrogens is 348 g/mol. The lowest BCUT2D eigenvalue weighted by Crippen LogP contribution is -2.12. The van der Waals surface area contributed by atoms with Gasteiger partial charge in [-0.15, -0.1) is 11.8 Å². The average Bonchev–Trinajstić information content (AvgIpc) is 1.97. The van der Waals surface area contributed by atoms with Crippen LogP contribution < -0.4 is 0 Å². The monoisotopic (exact) mass is 360 g/mol. The van der Waals surface area contributed by atoms with Crippen LogP contribution in [-0.2, 0) is 6.18 Å². The van der Waals surface area contributed by atoms with Gasteiger partial charge in [-0.3, -0.25) is 0 Å². The fraction of sp³-hybridized carbons (Fsp3) is 0.455. The van der Waals surface area contributed by atoms with E-state index in [1.807, 2.05) is 43.4 Å². The molecule has 0 aliphatic rings. The van der Waals surface area contributed by atoms with Crippen LogP contribution in [0.5, 0.6) is 0 Å². The summed E-state index contributed by atoms with van der Waals surface area (Å²) in [7, 11) is 0. The van der Waals surface area contributed by atoms with Gasteiger partial charge in [0.1, 0.15) is 0 Å². The molecule has 1 aromatic carbocycles. The molecule has 90 valence electrons. The van der Waals surface area contributed by atoms with Crippen LogP contribution in [0.1, 0.15) is 26.3 Å². The van der Waals surface area contributed by atoms with Crippen LogP contribution in [0.3, 0.4) is 0 Å². The predicted molar refractivity (Wildman–Crippen MR) is 69.8 cm³/mol. The van der Waals surface area contributed by atoms with Crippen molar-refractivity contribution in [3.8, 4) is 0 Å². The zero-order valence-electron chi connectivity index (χ0n) is 9.15. The lowest BCUT2D eigenvalue weighted by molar-refractivity contribution is -0.139. The molecule has 0 nitrogen and oxygen atoms in total. The third kappa shape index (κ3) is 4.16. The van der Waals surface area contributed by atoms with Gasteiger partial charge in [0.15, 0.2) is 0 Å². The molecule has 0 N–H and O–H groups in total. The molecule has 0 aliphatic carbocycles. The Morgan fingerprint density at radius 1 is 1.12 bits per heavy atom. The summed E-state index contributed by atoms with van der Waals surface area (Å²) in [6.45, 7) is 5.70. The quantitative estimate of drug-likeness (QED) is 0.490. The molecule has 0 heterocycles. The van der Waals surface area contributed by atoms with Crippen molar-refractivity contribution in [1.29, 1.82) is 0 Å². The summed E-state index contributed by atoms with van der Waals surface area (Å²) in [6, 6.07) is 4.21. The van der Waals surface area contributed by atoms with E-state index in [1.165, 1.54) is 17.8 Å². The minimum atomic E-state index is -4.28. The summed E-state index contributed by atoms with van der Waals surface area (Å²) in [4.78, 5) is 0.298. The van der Waals surface area contributed by atoms with Gasteiger partial charge in [0.2, 0.25) is 0 Å². The molecule has 16 heavy (non-hydrogen) atoms. The second-order valence-electron chi connectivity index (χ2n) is 4.35. The largest absolute Gasteiger partial charge is 0.417 e. The average molecular weight is 360 g/mol. The normalized spacial score (nSPS) is 12.9. The first-order chi connectivity index (χ1) is 7.09. The number of hydrogen-bond donors (Lipinski definition) is 0. The molecule has 5 heteroatoms. The van der Waals surface area contributed by atoms with E-state index in [9.17, 15) is 13.2 Å². The Hall–Kier alpha value is 0.0900. The van der Waals surface area contributed by atoms with Crippen molar-refractivity contribution in [2.75, 3.05) is 0 Å². The highest BCUT2D eigenvalue weighted by Crippen LogP contribution is 2.41. The molecule has 0 unspecified atom stereocenters. The molecule has 0 saturated heterocycles. The van der Waals surface area contributed by atoms with Crippen molar-refractivity contribution in [1.82, 2.24) is 0 Å². The zero-order valence-corrected chi connectivity index (χ0v) is 12.1. The summed E-state index contributed by atoms with van der Waals surface area (Å²) in [6.07, 6.45) is -4.28. The molecule has 0 bridgehead atoms. The van der Waals surface area contributed by atoms with Crippen molar-refractivity contribution >= 4 is 34.4 Å². The summed E-state index contributed by atoms with van der Waals surface area (Å²) in [5.41, 5.74) is -0.548. The van der Waals surface area contributed by atoms with E-state index < -0.39 is 11.7 Å². The number of alkyl halides is 3. The topological polar surface area (TPSA) is 0 Å². The molecule has 0 atom stereocenters. The Morgan fingerprint density at radius 2 is 1.69 bits per heavy atom. The van der Waals surface area contributed by atoms with Gasteiger partial charge < -0.3 is 0 Å². The minimum absolute atomic E-state index is 0.232. The fourth-order valence-corrected chi connectivity index (χ4v) is 2.99. The van der Waals surface area contributed by atoms with Gasteiger partial charge in [-0.2, -0.15) is 13.2 Å². The highest BCUT2D eigenvalue weighted by atomic mass is 127. The highest BCUT2D eigenvalue weighted by Gasteiger charge is 2.34. The Morgan fingerprint density at radius 3 is 2.12 bits per heavy atom. The first-order valence-corrected chi connectivity index (χ1v) is 6.55. The number of thioether (sulfide) groups is 1. The Bertz CT molecular complexity index is 380. The molecule has 0 spiro atoms. The van der Waals surface area contributed by atoms with Crippen molar-refractivity contribution in [3.63, 3.8) is 0 Å². The number of benzene rings is 1. The van der Waals surface area contributed by atoms with Crippen LogP contribution in [0.4, 0.5) is 13.2 Å². The van der Waals surface area contributed by atoms with Gasteiger partial charge in [-0.05, 0) is 40.8 Å². The van der Waals surface area contributed by atoms with Crippen molar-refractivity contribution in [2.45, 2.75) is 36.6 Å². The molecule has 0 aliphatic heterocycles. The molecule has 0 amide bonds. The SMILES string of the molecule is CC(C)(C)Sc1cc(I)ccc1C(F)(F)F. The Balaban J connectivity index is 3.19. The summed E-state index contributed by atoms with van der Waals surface area (Å²) in [5.74, 6) is 0. The number of halogens is 4.